The second-order valence-corrected chi connectivity index (χ2v) is 8.21. The topological polar surface area (TPSA) is 12.0 Å². The molecule has 0 saturated carbocycles. The zero-order valence-electron chi connectivity index (χ0n) is 15.6. The third-order valence-electron chi connectivity index (χ3n) is 5.23. The number of hydrogen-bond donors (Lipinski definition) is 1. The predicted octanol–water partition coefficient (Wildman–Crippen LogP) is 5.89. The summed E-state index contributed by atoms with van der Waals surface area (Å²) in [5.74, 6) is 2.47. The molecule has 0 fully saturated rings. The van der Waals surface area contributed by atoms with Gasteiger partial charge < -0.3 is 5.32 Å². The molecule has 122 valence electrons. The van der Waals surface area contributed by atoms with Gasteiger partial charge in [-0.05, 0) is 42.6 Å². The lowest BCUT2D eigenvalue weighted by atomic mass is 9.67. The van der Waals surface area contributed by atoms with E-state index in [-0.39, 0.29) is 0 Å². The standard InChI is InChI=1S/C19H41N/c1-15(2)14-18(6)19(7,8)17(5)12-10-9-11-13-20-16(3)4/h15-18,20H,9-14H2,1-8H3. The van der Waals surface area contributed by atoms with Crippen LogP contribution in [0, 0.1) is 23.2 Å². The quantitative estimate of drug-likeness (QED) is 0.466. The first-order chi connectivity index (χ1) is 9.17. The van der Waals surface area contributed by atoms with Gasteiger partial charge in [0.15, 0.2) is 0 Å². The number of nitrogens with one attached hydrogen (secondary N) is 1. The van der Waals surface area contributed by atoms with E-state index in [1.807, 2.05) is 0 Å². The van der Waals surface area contributed by atoms with Crippen molar-refractivity contribution in [2.75, 3.05) is 6.54 Å². The molecule has 1 nitrogen and oxygen atoms in total. The highest BCUT2D eigenvalue weighted by Crippen LogP contribution is 2.40. The maximum Gasteiger partial charge on any atom is 0.00103 e. The van der Waals surface area contributed by atoms with Crippen LogP contribution in [0.15, 0.2) is 0 Å². The summed E-state index contributed by atoms with van der Waals surface area (Å²) in [5.41, 5.74) is 0.473. The fraction of sp³-hybridized carbons (Fsp3) is 1.00. The molecular formula is C19H41N. The SMILES string of the molecule is CC(C)CC(C)C(C)(C)C(C)CCCCCNC(C)C. The van der Waals surface area contributed by atoms with Crippen molar-refractivity contribution in [1.29, 1.82) is 0 Å². The zero-order valence-corrected chi connectivity index (χ0v) is 15.6. The van der Waals surface area contributed by atoms with Gasteiger partial charge >= 0.3 is 0 Å². The largest absolute Gasteiger partial charge is 0.315 e. The van der Waals surface area contributed by atoms with Crippen molar-refractivity contribution in [2.45, 2.75) is 93.5 Å². The molecule has 0 aromatic carbocycles. The summed E-state index contributed by atoms with van der Waals surface area (Å²) in [6.07, 6.45) is 6.83. The Morgan fingerprint density at radius 3 is 1.90 bits per heavy atom. The first-order valence-corrected chi connectivity index (χ1v) is 8.91. The summed E-state index contributed by atoms with van der Waals surface area (Å²) in [6.45, 7) is 20.2. The van der Waals surface area contributed by atoms with E-state index in [1.54, 1.807) is 0 Å². The third kappa shape index (κ3) is 8.29. The van der Waals surface area contributed by atoms with E-state index in [0.29, 0.717) is 11.5 Å². The van der Waals surface area contributed by atoms with E-state index >= 15 is 0 Å². The van der Waals surface area contributed by atoms with Crippen LogP contribution in [-0.4, -0.2) is 12.6 Å². The lowest BCUT2D eigenvalue weighted by molar-refractivity contribution is 0.111. The van der Waals surface area contributed by atoms with Gasteiger partial charge in [0.05, 0.1) is 0 Å². The number of hydrogen-bond acceptors (Lipinski definition) is 1. The van der Waals surface area contributed by atoms with Gasteiger partial charge in [-0.3, -0.25) is 0 Å². The number of rotatable bonds is 11. The van der Waals surface area contributed by atoms with Crippen molar-refractivity contribution in [1.82, 2.24) is 5.32 Å². The summed E-state index contributed by atoms with van der Waals surface area (Å²) in [7, 11) is 0. The first kappa shape index (κ1) is 20.0. The van der Waals surface area contributed by atoms with E-state index in [4.69, 9.17) is 0 Å². The van der Waals surface area contributed by atoms with Gasteiger partial charge in [-0.2, -0.15) is 0 Å². The molecule has 0 rings (SSSR count). The second kappa shape index (κ2) is 9.82. The molecule has 0 aliphatic carbocycles. The summed E-state index contributed by atoms with van der Waals surface area (Å²) in [6, 6.07) is 0.629. The molecule has 20 heavy (non-hydrogen) atoms. The van der Waals surface area contributed by atoms with Gasteiger partial charge in [-0.25, -0.2) is 0 Å². The molecule has 2 unspecified atom stereocenters. The van der Waals surface area contributed by atoms with Crippen LogP contribution in [-0.2, 0) is 0 Å². The van der Waals surface area contributed by atoms with E-state index in [1.165, 1.54) is 38.6 Å². The Morgan fingerprint density at radius 1 is 0.800 bits per heavy atom. The minimum atomic E-state index is 0.473. The molecule has 0 spiro atoms. The van der Waals surface area contributed by atoms with E-state index in [2.05, 4.69) is 60.7 Å². The van der Waals surface area contributed by atoms with E-state index in [9.17, 15) is 0 Å². The molecule has 0 aliphatic rings. The van der Waals surface area contributed by atoms with Crippen LogP contribution >= 0.6 is 0 Å². The molecule has 0 aromatic heterocycles. The molecule has 0 aromatic rings. The Balaban J connectivity index is 3.91. The lowest BCUT2D eigenvalue weighted by Gasteiger charge is -2.39. The zero-order chi connectivity index (χ0) is 15.8. The van der Waals surface area contributed by atoms with Crippen LogP contribution in [0.1, 0.15) is 87.5 Å². The molecule has 0 heterocycles. The third-order valence-corrected chi connectivity index (χ3v) is 5.23. The van der Waals surface area contributed by atoms with Crippen LogP contribution in [0.3, 0.4) is 0 Å². The fourth-order valence-electron chi connectivity index (χ4n) is 3.01. The molecule has 0 aliphatic heterocycles. The van der Waals surface area contributed by atoms with E-state index < -0.39 is 0 Å². The fourth-order valence-corrected chi connectivity index (χ4v) is 3.01. The predicted molar refractivity (Wildman–Crippen MR) is 93.2 cm³/mol. The van der Waals surface area contributed by atoms with Crippen molar-refractivity contribution in [2.24, 2.45) is 23.2 Å². The van der Waals surface area contributed by atoms with Crippen LogP contribution in [0.5, 0.6) is 0 Å². The summed E-state index contributed by atoms with van der Waals surface area (Å²) < 4.78 is 0. The molecular weight excluding hydrogens is 242 g/mol. The molecule has 0 bridgehead atoms. The minimum Gasteiger partial charge on any atom is -0.315 e. The normalized spacial score (nSPS) is 15.9. The smallest absolute Gasteiger partial charge is 0.00103 e. The highest BCUT2D eigenvalue weighted by molar-refractivity contribution is 4.81. The van der Waals surface area contributed by atoms with E-state index in [0.717, 1.165) is 17.8 Å². The molecule has 2 atom stereocenters. The van der Waals surface area contributed by atoms with Crippen LogP contribution in [0.4, 0.5) is 0 Å². The molecule has 0 saturated heterocycles. The van der Waals surface area contributed by atoms with Gasteiger partial charge in [0.2, 0.25) is 0 Å². The Bertz CT molecular complexity index is 230. The maximum atomic E-state index is 3.50. The van der Waals surface area contributed by atoms with Gasteiger partial charge in [-0.15, -0.1) is 0 Å². The molecule has 0 amide bonds. The summed E-state index contributed by atoms with van der Waals surface area (Å²) >= 11 is 0. The average molecular weight is 284 g/mol. The van der Waals surface area contributed by atoms with Gasteiger partial charge in [-0.1, -0.05) is 74.7 Å². The summed E-state index contributed by atoms with van der Waals surface area (Å²) in [5, 5.41) is 3.50. The highest BCUT2D eigenvalue weighted by atomic mass is 14.9. The van der Waals surface area contributed by atoms with Crippen molar-refractivity contribution in [3.8, 4) is 0 Å². The highest BCUT2D eigenvalue weighted by Gasteiger charge is 2.31. The molecule has 1 heteroatoms. The maximum absolute atomic E-state index is 3.50. The van der Waals surface area contributed by atoms with Crippen molar-refractivity contribution in [3.05, 3.63) is 0 Å². The average Bonchev–Trinajstić information content (AvgIpc) is 2.31. The number of unbranched alkanes of at least 4 members (excludes halogenated alkanes) is 2. The summed E-state index contributed by atoms with van der Waals surface area (Å²) in [4.78, 5) is 0. The van der Waals surface area contributed by atoms with Gasteiger partial charge in [0.1, 0.15) is 0 Å². The van der Waals surface area contributed by atoms with Crippen molar-refractivity contribution < 1.29 is 0 Å². The minimum absolute atomic E-state index is 0.473. The Kier molecular flexibility index (Phi) is 9.80. The van der Waals surface area contributed by atoms with Crippen LogP contribution in [0.2, 0.25) is 0 Å². The van der Waals surface area contributed by atoms with Gasteiger partial charge in [0.25, 0.3) is 0 Å². The molecule has 0 radical (unpaired) electrons. The molecule has 1 N–H and O–H groups in total. The van der Waals surface area contributed by atoms with Gasteiger partial charge in [0, 0.05) is 6.04 Å². The van der Waals surface area contributed by atoms with Crippen molar-refractivity contribution >= 4 is 0 Å². The monoisotopic (exact) mass is 283 g/mol. The van der Waals surface area contributed by atoms with Crippen LogP contribution in [0.25, 0.3) is 0 Å². The Hall–Kier alpha value is -0.0400. The Labute approximate surface area is 129 Å². The van der Waals surface area contributed by atoms with Crippen molar-refractivity contribution in [3.63, 3.8) is 0 Å². The second-order valence-electron chi connectivity index (χ2n) is 8.21. The lowest BCUT2D eigenvalue weighted by Crippen LogP contribution is -2.30. The van der Waals surface area contributed by atoms with Crippen LogP contribution < -0.4 is 5.32 Å². The first-order valence-electron chi connectivity index (χ1n) is 8.91. The Morgan fingerprint density at radius 2 is 1.40 bits per heavy atom.